The van der Waals surface area contributed by atoms with E-state index in [1.807, 2.05) is 31.5 Å². The van der Waals surface area contributed by atoms with Gasteiger partial charge in [0.15, 0.2) is 6.29 Å². The van der Waals surface area contributed by atoms with E-state index in [1.165, 1.54) is 6.26 Å². The molecule has 0 saturated carbocycles. The van der Waals surface area contributed by atoms with Gasteiger partial charge in [0.25, 0.3) is 0 Å². The summed E-state index contributed by atoms with van der Waals surface area (Å²) in [5.74, 6) is 0.00503. The molecule has 2 atom stereocenters. The van der Waals surface area contributed by atoms with E-state index in [-0.39, 0.29) is 5.94 Å². The lowest BCUT2D eigenvalue weighted by atomic mass is 10.0. The summed E-state index contributed by atoms with van der Waals surface area (Å²) in [7, 11) is 2.04. The van der Waals surface area contributed by atoms with Crippen LogP contribution in [0, 0.1) is 0 Å². The SMILES string of the molecule is O=Cc1coc(-c2ccc(C[C@H](N[C@H]3[B]C3)C(=O)O)cc2)c1. The summed E-state index contributed by atoms with van der Waals surface area (Å²) in [4.78, 5) is 21.9. The third-order valence-corrected chi connectivity index (χ3v) is 3.62. The molecular formula is C16H15BNO4. The summed E-state index contributed by atoms with van der Waals surface area (Å²) in [6, 6.07) is 8.58. The van der Waals surface area contributed by atoms with Gasteiger partial charge in [-0.2, -0.15) is 0 Å². The van der Waals surface area contributed by atoms with Gasteiger partial charge >= 0.3 is 5.97 Å². The van der Waals surface area contributed by atoms with Crippen molar-refractivity contribution in [1.82, 2.24) is 5.32 Å². The van der Waals surface area contributed by atoms with Gasteiger partial charge in [-0.05, 0) is 24.0 Å². The zero-order valence-corrected chi connectivity index (χ0v) is 11.9. The predicted molar refractivity (Wildman–Crippen MR) is 82.1 cm³/mol. The molecule has 2 heterocycles. The Morgan fingerprint density at radius 2 is 2.18 bits per heavy atom. The van der Waals surface area contributed by atoms with E-state index in [9.17, 15) is 14.7 Å². The summed E-state index contributed by atoms with van der Waals surface area (Å²) >= 11 is 0. The number of hydrogen-bond donors (Lipinski definition) is 2. The Morgan fingerprint density at radius 3 is 2.73 bits per heavy atom. The van der Waals surface area contributed by atoms with Crippen molar-refractivity contribution in [1.29, 1.82) is 0 Å². The first-order valence-corrected chi connectivity index (χ1v) is 7.11. The molecule has 0 unspecified atom stereocenters. The number of carboxylic acid groups (broad SMARTS) is 1. The Bertz CT molecular complexity index is 676. The minimum Gasteiger partial charge on any atom is -0.480 e. The van der Waals surface area contributed by atoms with Crippen LogP contribution in [0.25, 0.3) is 11.3 Å². The molecule has 111 valence electrons. The zero-order valence-electron chi connectivity index (χ0n) is 11.9. The molecule has 1 aliphatic rings. The number of hydrogen-bond acceptors (Lipinski definition) is 4. The lowest BCUT2D eigenvalue weighted by Crippen LogP contribution is -2.40. The smallest absolute Gasteiger partial charge is 0.321 e. The summed E-state index contributed by atoms with van der Waals surface area (Å²) in [5, 5.41) is 12.3. The van der Waals surface area contributed by atoms with Crippen molar-refractivity contribution in [2.45, 2.75) is 24.7 Å². The van der Waals surface area contributed by atoms with Crippen LogP contribution in [0.3, 0.4) is 0 Å². The van der Waals surface area contributed by atoms with Crippen molar-refractivity contribution in [3.8, 4) is 11.3 Å². The van der Waals surface area contributed by atoms with Crippen LogP contribution in [-0.4, -0.2) is 36.6 Å². The van der Waals surface area contributed by atoms with E-state index in [0.717, 1.165) is 23.7 Å². The number of furan rings is 1. The number of nitrogens with one attached hydrogen (secondary N) is 1. The van der Waals surface area contributed by atoms with Crippen LogP contribution in [0.5, 0.6) is 0 Å². The Hall–Kier alpha value is -2.34. The molecule has 1 aromatic carbocycles. The summed E-state index contributed by atoms with van der Waals surface area (Å²) in [6.07, 6.45) is 3.50. The van der Waals surface area contributed by atoms with Gasteiger partial charge in [0, 0.05) is 5.56 Å². The molecule has 5 nitrogen and oxygen atoms in total. The highest BCUT2D eigenvalue weighted by molar-refractivity contribution is 6.51. The van der Waals surface area contributed by atoms with Crippen LogP contribution in [0.15, 0.2) is 41.0 Å². The van der Waals surface area contributed by atoms with E-state index < -0.39 is 12.0 Å². The van der Waals surface area contributed by atoms with Crippen molar-refractivity contribution in [2.24, 2.45) is 0 Å². The third-order valence-electron chi connectivity index (χ3n) is 3.62. The van der Waals surface area contributed by atoms with E-state index in [4.69, 9.17) is 4.42 Å². The summed E-state index contributed by atoms with van der Waals surface area (Å²) < 4.78 is 5.32. The molecule has 1 aromatic heterocycles. The van der Waals surface area contributed by atoms with Gasteiger partial charge in [-0.3, -0.25) is 9.59 Å². The van der Waals surface area contributed by atoms with Gasteiger partial charge < -0.3 is 14.8 Å². The zero-order chi connectivity index (χ0) is 15.5. The quantitative estimate of drug-likeness (QED) is 0.601. The average molecular weight is 296 g/mol. The highest BCUT2D eigenvalue weighted by atomic mass is 16.4. The van der Waals surface area contributed by atoms with E-state index in [0.29, 0.717) is 17.7 Å². The van der Waals surface area contributed by atoms with Crippen molar-refractivity contribution in [2.75, 3.05) is 0 Å². The maximum Gasteiger partial charge on any atom is 0.321 e. The second kappa shape index (κ2) is 6.19. The van der Waals surface area contributed by atoms with Crippen molar-refractivity contribution in [3.05, 3.63) is 47.7 Å². The first kappa shape index (κ1) is 14.6. The first-order valence-electron chi connectivity index (χ1n) is 7.11. The standard InChI is InChI=1S/C16H15BNO4/c19-8-11-6-14(22-9-11)12-3-1-10(2-4-12)5-13(16(20)21)18-15-7-17-15/h1-4,6,8-9,13,15,18H,5,7H2,(H,20,21)/t13-,15+/m0/s1. The van der Waals surface area contributed by atoms with E-state index >= 15 is 0 Å². The lowest BCUT2D eigenvalue weighted by Gasteiger charge is -2.14. The molecule has 6 heteroatoms. The predicted octanol–water partition coefficient (Wildman–Crippen LogP) is 1.81. The van der Waals surface area contributed by atoms with Crippen LogP contribution in [0.2, 0.25) is 6.32 Å². The van der Waals surface area contributed by atoms with Gasteiger partial charge in [0.2, 0.25) is 0 Å². The fourth-order valence-corrected chi connectivity index (χ4v) is 2.28. The number of carbonyl (C=O) groups excluding carboxylic acids is 1. The average Bonchev–Trinajstić information content (AvgIpc) is 3.21. The molecule has 1 aliphatic heterocycles. The maximum atomic E-state index is 11.3. The first-order chi connectivity index (χ1) is 10.7. The number of aldehydes is 1. The molecular weight excluding hydrogens is 281 g/mol. The molecule has 2 aromatic rings. The van der Waals surface area contributed by atoms with Crippen LogP contribution >= 0.6 is 0 Å². The van der Waals surface area contributed by atoms with Crippen LogP contribution in [0.1, 0.15) is 15.9 Å². The monoisotopic (exact) mass is 296 g/mol. The lowest BCUT2D eigenvalue weighted by molar-refractivity contribution is -0.139. The summed E-state index contributed by atoms with van der Waals surface area (Å²) in [5.41, 5.74) is 2.29. The molecule has 3 rings (SSSR count). The Kier molecular flexibility index (Phi) is 4.11. The number of carbonyl (C=O) groups is 2. The Balaban J connectivity index is 1.69. The topological polar surface area (TPSA) is 79.5 Å². The van der Waals surface area contributed by atoms with Gasteiger partial charge in [-0.25, -0.2) is 0 Å². The minimum atomic E-state index is -0.842. The van der Waals surface area contributed by atoms with Crippen molar-refractivity contribution >= 4 is 19.5 Å². The normalized spacial score (nSPS) is 17.5. The molecule has 0 amide bonds. The fourth-order valence-electron chi connectivity index (χ4n) is 2.28. The second-order valence-corrected chi connectivity index (χ2v) is 5.40. The molecule has 1 fully saturated rings. The van der Waals surface area contributed by atoms with Crippen molar-refractivity contribution < 1.29 is 19.1 Å². The molecule has 1 radical (unpaired) electrons. The highest BCUT2D eigenvalue weighted by Crippen LogP contribution is 2.22. The molecule has 0 bridgehead atoms. The van der Waals surface area contributed by atoms with Crippen LogP contribution < -0.4 is 5.32 Å². The maximum absolute atomic E-state index is 11.3. The third kappa shape index (κ3) is 3.46. The number of carboxylic acids is 1. The van der Waals surface area contributed by atoms with Gasteiger partial charge in [-0.15, -0.1) is 0 Å². The van der Waals surface area contributed by atoms with Crippen LogP contribution in [0.4, 0.5) is 0 Å². The number of rotatable bonds is 7. The summed E-state index contributed by atoms with van der Waals surface area (Å²) in [6.45, 7) is 0. The Morgan fingerprint density at radius 1 is 1.45 bits per heavy atom. The van der Waals surface area contributed by atoms with Gasteiger partial charge in [0.05, 0.1) is 5.56 Å². The number of aliphatic carboxylic acids is 1. The van der Waals surface area contributed by atoms with E-state index in [1.54, 1.807) is 6.07 Å². The largest absolute Gasteiger partial charge is 0.480 e. The van der Waals surface area contributed by atoms with Gasteiger partial charge in [-0.1, -0.05) is 30.6 Å². The van der Waals surface area contributed by atoms with E-state index in [2.05, 4.69) is 5.32 Å². The molecule has 22 heavy (non-hydrogen) atoms. The fraction of sp³-hybridized carbons (Fsp3) is 0.250. The number of benzene rings is 1. The van der Waals surface area contributed by atoms with Crippen LogP contribution in [-0.2, 0) is 11.2 Å². The molecule has 0 aliphatic carbocycles. The van der Waals surface area contributed by atoms with Crippen molar-refractivity contribution in [3.63, 3.8) is 0 Å². The van der Waals surface area contributed by atoms with Gasteiger partial charge in [0.1, 0.15) is 25.3 Å². The second-order valence-electron chi connectivity index (χ2n) is 5.40. The molecule has 2 N–H and O–H groups in total. The molecule has 1 saturated heterocycles. The minimum absolute atomic E-state index is 0.227. The molecule has 0 spiro atoms. The Labute approximate surface area is 128 Å². The highest BCUT2D eigenvalue weighted by Gasteiger charge is 2.29.